The highest BCUT2D eigenvalue weighted by molar-refractivity contribution is 6.37. The maximum absolute atomic E-state index is 11.7. The number of unbranched alkanes of at least 4 members (excludes halogenated alkanes) is 5. The summed E-state index contributed by atoms with van der Waals surface area (Å²) in [4.78, 5) is 34.5. The number of carbonyl (C=O) groups excluding carboxylic acids is 3. The molecule has 7 heteroatoms. The van der Waals surface area contributed by atoms with E-state index in [1.807, 2.05) is 0 Å². The lowest BCUT2D eigenvalue weighted by Gasteiger charge is -2.20. The minimum absolute atomic E-state index is 0.145. The van der Waals surface area contributed by atoms with Gasteiger partial charge < -0.3 is 19.7 Å². The number of carbonyl (C=O) groups is 3. The molecule has 126 valence electrons. The molecule has 0 radical (unpaired) electrons. The van der Waals surface area contributed by atoms with E-state index in [1.165, 1.54) is 6.42 Å². The van der Waals surface area contributed by atoms with Crippen LogP contribution in [0, 0.1) is 0 Å². The minimum Gasteiger partial charge on any atom is -0.450 e. The van der Waals surface area contributed by atoms with E-state index in [4.69, 9.17) is 9.84 Å². The molecule has 2 N–H and O–H groups in total. The number of aliphatic hydroxyl groups is 2. The van der Waals surface area contributed by atoms with E-state index in [1.54, 1.807) is 0 Å². The molecular formula is C15H24O7. The molecule has 1 fully saturated rings. The quantitative estimate of drug-likeness (QED) is 0.343. The number of Topliss-reactive ketones (excluding diaryl/α,β-unsaturated/α-hetero) is 1. The fraction of sp³-hybridized carbons (Fsp3) is 0.800. The maximum Gasteiger partial charge on any atom is 0.379 e. The molecule has 0 amide bonds. The van der Waals surface area contributed by atoms with Crippen LogP contribution in [0.5, 0.6) is 0 Å². The lowest BCUT2D eigenvalue weighted by Crippen LogP contribution is -2.41. The van der Waals surface area contributed by atoms with Crippen LogP contribution in [0.1, 0.15) is 51.9 Å². The molecule has 1 saturated heterocycles. The average Bonchev–Trinajstić information content (AvgIpc) is 2.78. The first-order valence-electron chi connectivity index (χ1n) is 7.74. The summed E-state index contributed by atoms with van der Waals surface area (Å²) in [6.45, 7) is 1.42. The lowest BCUT2D eigenvalue weighted by atomic mass is 10.1. The molecule has 0 aromatic heterocycles. The SMILES string of the molecule is CCCCCCCCC(=O)OC1C(=O)C(=O)O[C@@H]1[C@@H](O)CO. The summed E-state index contributed by atoms with van der Waals surface area (Å²) in [5.41, 5.74) is 0. The van der Waals surface area contributed by atoms with Crippen molar-refractivity contribution in [3.05, 3.63) is 0 Å². The largest absolute Gasteiger partial charge is 0.450 e. The highest BCUT2D eigenvalue weighted by Crippen LogP contribution is 2.20. The van der Waals surface area contributed by atoms with E-state index >= 15 is 0 Å². The number of cyclic esters (lactones) is 1. The normalized spacial score (nSPS) is 22.5. The van der Waals surface area contributed by atoms with Gasteiger partial charge in [0.15, 0.2) is 6.10 Å². The molecule has 0 aromatic carbocycles. The van der Waals surface area contributed by atoms with Gasteiger partial charge in [0.25, 0.3) is 5.78 Å². The molecule has 0 saturated carbocycles. The van der Waals surface area contributed by atoms with Gasteiger partial charge in [-0.3, -0.25) is 9.59 Å². The number of ether oxygens (including phenoxy) is 2. The van der Waals surface area contributed by atoms with Crippen molar-refractivity contribution < 1.29 is 34.1 Å². The second kappa shape index (κ2) is 9.53. The first-order chi connectivity index (χ1) is 10.5. The van der Waals surface area contributed by atoms with Crippen LogP contribution in [0.3, 0.4) is 0 Å². The zero-order valence-corrected chi connectivity index (χ0v) is 12.8. The smallest absolute Gasteiger partial charge is 0.379 e. The summed E-state index contributed by atoms with van der Waals surface area (Å²) < 4.78 is 9.59. The second-order valence-corrected chi connectivity index (χ2v) is 5.41. The fourth-order valence-electron chi connectivity index (χ4n) is 2.26. The zero-order valence-electron chi connectivity index (χ0n) is 12.8. The van der Waals surface area contributed by atoms with Gasteiger partial charge in [-0.05, 0) is 6.42 Å². The summed E-state index contributed by atoms with van der Waals surface area (Å²) in [5.74, 6) is -2.77. The Labute approximate surface area is 129 Å². The van der Waals surface area contributed by atoms with Crippen molar-refractivity contribution in [3.8, 4) is 0 Å². The molecule has 1 unspecified atom stereocenters. The third-order valence-corrected chi connectivity index (χ3v) is 3.56. The average molecular weight is 316 g/mol. The summed E-state index contributed by atoms with van der Waals surface area (Å²) >= 11 is 0. The van der Waals surface area contributed by atoms with E-state index in [0.29, 0.717) is 6.42 Å². The number of hydrogen-bond acceptors (Lipinski definition) is 7. The Bertz CT molecular complexity index is 393. The minimum atomic E-state index is -1.47. The van der Waals surface area contributed by atoms with E-state index in [-0.39, 0.29) is 6.42 Å². The number of aliphatic hydroxyl groups excluding tert-OH is 2. The molecule has 0 bridgehead atoms. The van der Waals surface area contributed by atoms with Crippen molar-refractivity contribution in [3.63, 3.8) is 0 Å². The van der Waals surface area contributed by atoms with Gasteiger partial charge in [-0.15, -0.1) is 0 Å². The molecule has 1 aliphatic heterocycles. The van der Waals surface area contributed by atoms with Crippen LogP contribution in [0.25, 0.3) is 0 Å². The molecule has 0 spiro atoms. The van der Waals surface area contributed by atoms with Crippen molar-refractivity contribution in [2.45, 2.75) is 70.2 Å². The van der Waals surface area contributed by atoms with Crippen LogP contribution in [0.15, 0.2) is 0 Å². The van der Waals surface area contributed by atoms with Gasteiger partial charge in [-0.25, -0.2) is 4.79 Å². The molecule has 22 heavy (non-hydrogen) atoms. The Morgan fingerprint density at radius 1 is 1.23 bits per heavy atom. The monoisotopic (exact) mass is 316 g/mol. The Morgan fingerprint density at radius 3 is 2.50 bits per heavy atom. The highest BCUT2D eigenvalue weighted by atomic mass is 16.6. The molecule has 0 aromatic rings. The second-order valence-electron chi connectivity index (χ2n) is 5.41. The maximum atomic E-state index is 11.7. The van der Waals surface area contributed by atoms with Crippen molar-refractivity contribution in [2.75, 3.05) is 6.61 Å². The van der Waals surface area contributed by atoms with Crippen LogP contribution in [-0.4, -0.2) is 52.9 Å². The van der Waals surface area contributed by atoms with Crippen LogP contribution in [0.2, 0.25) is 0 Å². The van der Waals surface area contributed by atoms with Crippen molar-refractivity contribution in [1.82, 2.24) is 0 Å². The van der Waals surface area contributed by atoms with Crippen molar-refractivity contribution >= 4 is 17.7 Å². The van der Waals surface area contributed by atoms with Crippen molar-refractivity contribution in [2.24, 2.45) is 0 Å². The van der Waals surface area contributed by atoms with Crippen molar-refractivity contribution in [1.29, 1.82) is 0 Å². The predicted octanol–water partition coefficient (Wildman–Crippen LogP) is 0.496. The third-order valence-electron chi connectivity index (χ3n) is 3.56. The van der Waals surface area contributed by atoms with Crippen LogP contribution < -0.4 is 0 Å². The molecule has 3 atom stereocenters. The summed E-state index contributed by atoms with van der Waals surface area (Å²) in [5, 5.41) is 18.4. The van der Waals surface area contributed by atoms with Gasteiger partial charge in [-0.1, -0.05) is 39.0 Å². The van der Waals surface area contributed by atoms with Gasteiger partial charge in [-0.2, -0.15) is 0 Å². The summed E-state index contributed by atoms with van der Waals surface area (Å²) in [6.07, 6.45) is 1.90. The van der Waals surface area contributed by atoms with Gasteiger partial charge in [0.2, 0.25) is 6.10 Å². The molecule has 0 aliphatic carbocycles. The fourth-order valence-corrected chi connectivity index (χ4v) is 2.26. The molecule has 1 rings (SSSR count). The summed E-state index contributed by atoms with van der Waals surface area (Å²) in [7, 11) is 0. The predicted molar refractivity (Wildman–Crippen MR) is 75.9 cm³/mol. The van der Waals surface area contributed by atoms with E-state index in [9.17, 15) is 19.5 Å². The Balaban J connectivity index is 2.37. The van der Waals surface area contributed by atoms with Gasteiger partial charge in [0.1, 0.15) is 6.10 Å². The standard InChI is InChI=1S/C15H24O7/c1-2-3-4-5-6-7-8-11(18)21-14-12(19)15(20)22-13(14)10(17)9-16/h10,13-14,16-17H,2-9H2,1H3/t10-,13+,14?/m0/s1. The number of rotatable bonds is 10. The topological polar surface area (TPSA) is 110 Å². The first kappa shape index (κ1) is 18.6. The number of ketones is 1. The van der Waals surface area contributed by atoms with E-state index < -0.39 is 42.6 Å². The van der Waals surface area contributed by atoms with Gasteiger partial charge in [0, 0.05) is 6.42 Å². The summed E-state index contributed by atoms with van der Waals surface area (Å²) in [6, 6.07) is 0. The molecule has 1 heterocycles. The molecular weight excluding hydrogens is 292 g/mol. The van der Waals surface area contributed by atoms with E-state index in [2.05, 4.69) is 11.7 Å². The highest BCUT2D eigenvalue weighted by Gasteiger charge is 2.49. The van der Waals surface area contributed by atoms with Crippen LogP contribution >= 0.6 is 0 Å². The zero-order chi connectivity index (χ0) is 16.5. The van der Waals surface area contributed by atoms with Crippen LogP contribution in [-0.2, 0) is 23.9 Å². The third kappa shape index (κ3) is 5.38. The lowest BCUT2D eigenvalue weighted by molar-refractivity contribution is -0.160. The number of hydrogen-bond donors (Lipinski definition) is 2. The molecule has 7 nitrogen and oxygen atoms in total. The van der Waals surface area contributed by atoms with Gasteiger partial charge in [0.05, 0.1) is 6.61 Å². The van der Waals surface area contributed by atoms with E-state index in [0.717, 1.165) is 25.7 Å². The Kier molecular flexibility index (Phi) is 8.05. The van der Waals surface area contributed by atoms with Gasteiger partial charge >= 0.3 is 11.9 Å². The molecule has 1 aliphatic rings. The van der Waals surface area contributed by atoms with Crippen LogP contribution in [0.4, 0.5) is 0 Å². The first-order valence-corrected chi connectivity index (χ1v) is 7.74. The number of esters is 2. The Morgan fingerprint density at radius 2 is 1.86 bits per heavy atom. The Hall–Kier alpha value is -1.47.